The fraction of sp³-hybridized carbons (Fsp3) is 0.118. The molecule has 0 fully saturated rings. The molecule has 3 aromatic rings. The summed E-state index contributed by atoms with van der Waals surface area (Å²) in [6.07, 6.45) is 0. The fourth-order valence-corrected chi connectivity index (χ4v) is 2.25. The molecule has 2 aromatic carbocycles. The molecule has 0 saturated heterocycles. The van der Waals surface area contributed by atoms with Crippen molar-refractivity contribution in [3.8, 4) is 11.5 Å². The third kappa shape index (κ3) is 2.74. The van der Waals surface area contributed by atoms with Crippen LogP contribution in [-0.4, -0.2) is 25.1 Å². The lowest BCUT2D eigenvalue weighted by molar-refractivity contribution is 0.102. The number of carbonyl (C=O) groups is 1. The van der Waals surface area contributed by atoms with Crippen LogP contribution in [-0.2, 0) is 0 Å². The number of carbonyl (C=O) groups excluding carboxylic acids is 1. The van der Waals surface area contributed by atoms with Crippen molar-refractivity contribution in [2.24, 2.45) is 0 Å². The first kappa shape index (κ1) is 14.0. The van der Waals surface area contributed by atoms with E-state index in [1.54, 1.807) is 20.3 Å². The van der Waals surface area contributed by atoms with E-state index in [-0.39, 0.29) is 5.91 Å². The second kappa shape index (κ2) is 5.81. The molecule has 3 rings (SSSR count). The molecule has 5 heteroatoms. The van der Waals surface area contributed by atoms with Crippen LogP contribution in [0.1, 0.15) is 10.5 Å². The third-order valence-electron chi connectivity index (χ3n) is 3.40. The quantitative estimate of drug-likeness (QED) is 0.775. The average molecular weight is 296 g/mol. The van der Waals surface area contributed by atoms with Crippen molar-refractivity contribution in [1.82, 2.24) is 4.98 Å². The van der Waals surface area contributed by atoms with Gasteiger partial charge in [0, 0.05) is 28.7 Å². The summed E-state index contributed by atoms with van der Waals surface area (Å²) in [6.45, 7) is 0. The SMILES string of the molecule is COc1cccc(NC(=O)c2cc3ccc(OC)cc3[nH]2)c1. The Morgan fingerprint density at radius 1 is 1.00 bits per heavy atom. The van der Waals surface area contributed by atoms with Gasteiger partial charge in [-0.05, 0) is 30.3 Å². The molecule has 0 atom stereocenters. The molecule has 0 aliphatic heterocycles. The lowest BCUT2D eigenvalue weighted by atomic mass is 10.2. The first-order chi connectivity index (χ1) is 10.7. The zero-order valence-corrected chi connectivity index (χ0v) is 12.3. The standard InChI is InChI=1S/C17H16N2O3/c1-21-13-5-3-4-12(9-13)18-17(20)16-8-11-6-7-14(22-2)10-15(11)19-16/h3-10,19H,1-2H3,(H,18,20). The Morgan fingerprint density at radius 2 is 1.77 bits per heavy atom. The molecule has 0 saturated carbocycles. The summed E-state index contributed by atoms with van der Waals surface area (Å²) in [5.41, 5.74) is 2.03. The van der Waals surface area contributed by atoms with E-state index in [9.17, 15) is 4.79 Å². The van der Waals surface area contributed by atoms with Crippen LogP contribution in [0.3, 0.4) is 0 Å². The first-order valence-corrected chi connectivity index (χ1v) is 6.82. The number of H-pyrrole nitrogens is 1. The van der Waals surface area contributed by atoms with Crippen LogP contribution in [0.25, 0.3) is 10.9 Å². The zero-order chi connectivity index (χ0) is 15.5. The molecule has 0 unspecified atom stereocenters. The lowest BCUT2D eigenvalue weighted by Gasteiger charge is -2.05. The molecule has 0 spiro atoms. The number of benzene rings is 2. The summed E-state index contributed by atoms with van der Waals surface area (Å²) >= 11 is 0. The highest BCUT2D eigenvalue weighted by atomic mass is 16.5. The number of methoxy groups -OCH3 is 2. The number of hydrogen-bond acceptors (Lipinski definition) is 3. The second-order valence-electron chi connectivity index (χ2n) is 4.82. The van der Waals surface area contributed by atoms with E-state index in [2.05, 4.69) is 10.3 Å². The van der Waals surface area contributed by atoms with E-state index < -0.39 is 0 Å². The van der Waals surface area contributed by atoms with Gasteiger partial charge in [0.1, 0.15) is 17.2 Å². The summed E-state index contributed by atoms with van der Waals surface area (Å²) in [5, 5.41) is 3.80. The Kier molecular flexibility index (Phi) is 3.70. The van der Waals surface area contributed by atoms with Gasteiger partial charge in [0.05, 0.1) is 14.2 Å². The van der Waals surface area contributed by atoms with Gasteiger partial charge in [0.2, 0.25) is 0 Å². The van der Waals surface area contributed by atoms with Gasteiger partial charge in [-0.25, -0.2) is 0 Å². The molecule has 5 nitrogen and oxygen atoms in total. The van der Waals surface area contributed by atoms with Crippen molar-refractivity contribution in [3.05, 3.63) is 54.2 Å². The summed E-state index contributed by atoms with van der Waals surface area (Å²) < 4.78 is 10.3. The molecule has 0 radical (unpaired) electrons. The van der Waals surface area contributed by atoms with Gasteiger partial charge in [0.15, 0.2) is 0 Å². The van der Waals surface area contributed by atoms with Gasteiger partial charge >= 0.3 is 0 Å². The number of rotatable bonds is 4. The minimum Gasteiger partial charge on any atom is -0.497 e. The highest BCUT2D eigenvalue weighted by molar-refractivity contribution is 6.06. The number of aromatic amines is 1. The monoisotopic (exact) mass is 296 g/mol. The predicted molar refractivity (Wildman–Crippen MR) is 85.8 cm³/mol. The maximum absolute atomic E-state index is 12.3. The van der Waals surface area contributed by atoms with Gasteiger partial charge in [-0.3, -0.25) is 4.79 Å². The van der Waals surface area contributed by atoms with E-state index in [0.29, 0.717) is 17.1 Å². The second-order valence-corrected chi connectivity index (χ2v) is 4.82. The fourth-order valence-electron chi connectivity index (χ4n) is 2.25. The number of anilines is 1. The van der Waals surface area contributed by atoms with Crippen molar-refractivity contribution in [1.29, 1.82) is 0 Å². The molecule has 2 N–H and O–H groups in total. The number of amides is 1. The van der Waals surface area contributed by atoms with Crippen LogP contribution in [0.5, 0.6) is 11.5 Å². The summed E-state index contributed by atoms with van der Waals surface area (Å²) in [5.74, 6) is 1.23. The Labute approximate surface area is 127 Å². The average Bonchev–Trinajstić information content (AvgIpc) is 2.98. The smallest absolute Gasteiger partial charge is 0.272 e. The van der Waals surface area contributed by atoms with Crippen LogP contribution in [0.4, 0.5) is 5.69 Å². The normalized spacial score (nSPS) is 10.5. The van der Waals surface area contributed by atoms with Crippen molar-refractivity contribution in [2.75, 3.05) is 19.5 Å². The van der Waals surface area contributed by atoms with Crippen LogP contribution in [0.15, 0.2) is 48.5 Å². The molecule has 1 heterocycles. The van der Waals surface area contributed by atoms with Crippen LogP contribution < -0.4 is 14.8 Å². The van der Waals surface area contributed by atoms with Crippen molar-refractivity contribution in [2.45, 2.75) is 0 Å². The maximum Gasteiger partial charge on any atom is 0.272 e. The van der Waals surface area contributed by atoms with Gasteiger partial charge in [-0.2, -0.15) is 0 Å². The van der Waals surface area contributed by atoms with E-state index in [4.69, 9.17) is 9.47 Å². The Morgan fingerprint density at radius 3 is 2.55 bits per heavy atom. The van der Waals surface area contributed by atoms with E-state index in [1.165, 1.54) is 0 Å². The molecule has 0 aliphatic rings. The minimum atomic E-state index is -0.205. The molecule has 1 aromatic heterocycles. The number of fused-ring (bicyclic) bond motifs is 1. The summed E-state index contributed by atoms with van der Waals surface area (Å²) in [6, 6.07) is 14.7. The molecule has 112 valence electrons. The number of ether oxygens (including phenoxy) is 2. The van der Waals surface area contributed by atoms with Gasteiger partial charge in [-0.1, -0.05) is 6.07 Å². The Balaban J connectivity index is 1.85. The number of aromatic nitrogens is 1. The van der Waals surface area contributed by atoms with Gasteiger partial charge < -0.3 is 19.8 Å². The maximum atomic E-state index is 12.3. The molecular formula is C17H16N2O3. The first-order valence-electron chi connectivity index (χ1n) is 6.82. The lowest BCUT2D eigenvalue weighted by Crippen LogP contribution is -2.12. The van der Waals surface area contributed by atoms with Crippen LogP contribution in [0.2, 0.25) is 0 Å². The highest BCUT2D eigenvalue weighted by Gasteiger charge is 2.10. The molecule has 0 aliphatic carbocycles. The molecule has 0 bridgehead atoms. The van der Waals surface area contributed by atoms with Crippen molar-refractivity contribution in [3.63, 3.8) is 0 Å². The Bertz CT molecular complexity index is 824. The number of hydrogen-bond donors (Lipinski definition) is 2. The van der Waals surface area contributed by atoms with Crippen LogP contribution >= 0.6 is 0 Å². The Hall–Kier alpha value is -2.95. The minimum absolute atomic E-state index is 0.205. The highest BCUT2D eigenvalue weighted by Crippen LogP contribution is 2.22. The zero-order valence-electron chi connectivity index (χ0n) is 12.3. The molecule has 1 amide bonds. The van der Waals surface area contributed by atoms with E-state index in [1.807, 2.05) is 42.5 Å². The third-order valence-corrected chi connectivity index (χ3v) is 3.40. The predicted octanol–water partition coefficient (Wildman–Crippen LogP) is 3.44. The van der Waals surface area contributed by atoms with Crippen LogP contribution in [0, 0.1) is 0 Å². The molecule has 22 heavy (non-hydrogen) atoms. The molecular weight excluding hydrogens is 280 g/mol. The van der Waals surface area contributed by atoms with Crippen molar-refractivity contribution >= 4 is 22.5 Å². The number of nitrogens with one attached hydrogen (secondary N) is 2. The van der Waals surface area contributed by atoms with E-state index >= 15 is 0 Å². The summed E-state index contributed by atoms with van der Waals surface area (Å²) in [4.78, 5) is 15.4. The van der Waals surface area contributed by atoms with E-state index in [0.717, 1.165) is 16.7 Å². The topological polar surface area (TPSA) is 63.4 Å². The largest absolute Gasteiger partial charge is 0.497 e. The summed E-state index contributed by atoms with van der Waals surface area (Å²) in [7, 11) is 3.20. The van der Waals surface area contributed by atoms with Gasteiger partial charge in [-0.15, -0.1) is 0 Å². The van der Waals surface area contributed by atoms with Gasteiger partial charge in [0.25, 0.3) is 5.91 Å². The van der Waals surface area contributed by atoms with Crippen molar-refractivity contribution < 1.29 is 14.3 Å².